The Morgan fingerprint density at radius 3 is 2.39 bits per heavy atom. The maximum atomic E-state index is 13.4. The van der Waals surface area contributed by atoms with E-state index >= 15 is 0 Å². The van der Waals surface area contributed by atoms with Crippen molar-refractivity contribution < 1.29 is 39.1 Å². The van der Waals surface area contributed by atoms with Gasteiger partial charge in [0.05, 0.1) is 16.4 Å². The molecule has 6 N–H and O–H groups in total. The number of halogens is 1. The molecule has 13 heteroatoms. The number of phenolic OH excluding ortho intramolecular Hbond substituents is 1. The minimum atomic E-state index is -2.82. The molecule has 0 saturated heterocycles. The third-order valence-corrected chi connectivity index (χ3v) is 7.58. The molecule has 1 aromatic carbocycles. The molecule has 33 heavy (non-hydrogen) atoms. The van der Waals surface area contributed by atoms with Gasteiger partial charge in [-0.3, -0.25) is 34.1 Å². The van der Waals surface area contributed by atoms with Crippen LogP contribution in [0, 0.1) is 33.8 Å². The summed E-state index contributed by atoms with van der Waals surface area (Å²) in [6, 6.07) is 0. The summed E-state index contributed by atoms with van der Waals surface area (Å²) in [5.41, 5.74) is 5.83. The van der Waals surface area contributed by atoms with Gasteiger partial charge in [0, 0.05) is 17.9 Å². The summed E-state index contributed by atoms with van der Waals surface area (Å²) < 4.78 is 0. The maximum absolute atomic E-state index is 13.4. The van der Waals surface area contributed by atoms with Gasteiger partial charge >= 0.3 is 0 Å². The lowest BCUT2D eigenvalue weighted by Crippen LogP contribution is -2.68. The number of fused-ring (bicyclic) bond motifs is 3. The number of benzene rings is 1. The van der Waals surface area contributed by atoms with Crippen LogP contribution in [-0.4, -0.2) is 49.8 Å². The van der Waals surface area contributed by atoms with Gasteiger partial charge in [-0.05, 0) is 18.3 Å². The second-order valence-corrected chi connectivity index (χ2v) is 9.08. The molecule has 12 nitrogen and oxygen atoms in total. The number of nitro benzene ring substituents is 1. The van der Waals surface area contributed by atoms with Crippen molar-refractivity contribution in [3.8, 4) is 5.75 Å². The van der Waals surface area contributed by atoms with Crippen molar-refractivity contribution in [3.63, 3.8) is 0 Å². The summed E-state index contributed by atoms with van der Waals surface area (Å²) in [5, 5.41) is 32.8. The number of hydrogen-bond donors (Lipinski definition) is 4. The lowest BCUT2D eigenvalue weighted by Gasteiger charge is -2.50. The smallest absolute Gasteiger partial charge is 0.294 e. The molecule has 0 bridgehead atoms. The number of amides is 1. The van der Waals surface area contributed by atoms with E-state index in [4.69, 9.17) is 23.1 Å². The molecular weight excluding hydrogens is 462 g/mol. The molecule has 0 heterocycles. The van der Waals surface area contributed by atoms with Crippen LogP contribution in [0.4, 0.5) is 11.4 Å². The number of primary amides is 1. The monoisotopic (exact) mass is 479 g/mol. The molecule has 3 aliphatic carbocycles. The van der Waals surface area contributed by atoms with Crippen LogP contribution in [0.15, 0.2) is 0 Å². The number of Topliss-reactive ketones (excluding diaryl/α,β-unsaturated/α-hetero) is 4. The SMILES string of the molecule is C[C@H]1c2c(c(O)c(N)c(Cl)c2[N+](=O)[O-])C(=O)C2C(=O)[C@]3(O)C(=O)C(C(N)=O)C(=O)C[C@@H]3C[C@@H]21. The highest BCUT2D eigenvalue weighted by Crippen LogP contribution is 2.57. The second-order valence-electron chi connectivity index (χ2n) is 8.70. The predicted molar refractivity (Wildman–Crippen MR) is 109 cm³/mol. The molecule has 4 rings (SSSR count). The van der Waals surface area contributed by atoms with Gasteiger partial charge in [-0.1, -0.05) is 18.5 Å². The lowest BCUT2D eigenvalue weighted by atomic mass is 9.52. The minimum absolute atomic E-state index is 0.206. The Hall–Kier alpha value is -3.38. The Bertz CT molecular complexity index is 1210. The normalized spacial score (nSPS) is 33.2. The van der Waals surface area contributed by atoms with Gasteiger partial charge in [-0.2, -0.15) is 0 Å². The number of nitro groups is 1. The molecule has 174 valence electrons. The summed E-state index contributed by atoms with van der Waals surface area (Å²) in [6.45, 7) is 1.47. The molecule has 6 atom stereocenters. The number of carbonyl (C=O) groups excluding carboxylic acids is 5. The first kappa shape index (κ1) is 22.8. The molecule has 1 aromatic rings. The first-order chi connectivity index (χ1) is 15.3. The molecule has 3 aliphatic rings. The van der Waals surface area contributed by atoms with Crippen LogP contribution in [0.3, 0.4) is 0 Å². The van der Waals surface area contributed by atoms with Gasteiger partial charge in [-0.15, -0.1) is 0 Å². The molecule has 0 spiro atoms. The molecule has 2 saturated carbocycles. The van der Waals surface area contributed by atoms with Gasteiger partial charge in [0.1, 0.15) is 10.7 Å². The van der Waals surface area contributed by atoms with Crippen LogP contribution < -0.4 is 11.5 Å². The predicted octanol–water partition coefficient (Wildman–Crippen LogP) is 0.0317. The van der Waals surface area contributed by atoms with Crippen molar-refractivity contribution in [2.24, 2.45) is 29.4 Å². The van der Waals surface area contributed by atoms with Gasteiger partial charge in [0.25, 0.3) is 5.69 Å². The molecule has 1 amide bonds. The quantitative estimate of drug-likeness (QED) is 0.146. The van der Waals surface area contributed by atoms with Crippen LogP contribution in [0.1, 0.15) is 41.6 Å². The largest absolute Gasteiger partial charge is 0.505 e. The molecule has 0 aliphatic heterocycles. The first-order valence-corrected chi connectivity index (χ1v) is 10.3. The van der Waals surface area contributed by atoms with Crippen LogP contribution in [0.25, 0.3) is 0 Å². The topological polar surface area (TPSA) is 221 Å². The Kier molecular flexibility index (Phi) is 4.88. The number of nitrogens with two attached hydrogens (primary N) is 2. The summed E-state index contributed by atoms with van der Waals surface area (Å²) in [7, 11) is 0. The number of hydrogen-bond acceptors (Lipinski definition) is 10. The van der Waals surface area contributed by atoms with Crippen molar-refractivity contribution in [1.82, 2.24) is 0 Å². The lowest BCUT2D eigenvalue weighted by molar-refractivity contribution is -0.385. The zero-order valence-corrected chi connectivity index (χ0v) is 17.8. The molecule has 2 unspecified atom stereocenters. The van der Waals surface area contributed by atoms with Crippen molar-refractivity contribution in [2.75, 3.05) is 5.73 Å². The summed E-state index contributed by atoms with van der Waals surface area (Å²) in [4.78, 5) is 74.6. The van der Waals surface area contributed by atoms with Gasteiger partial charge in [0.2, 0.25) is 5.91 Å². The number of ketones is 4. The number of aromatic hydroxyl groups is 1. The van der Waals surface area contributed by atoms with E-state index in [1.54, 1.807) is 0 Å². The fraction of sp³-hybridized carbons (Fsp3) is 0.450. The first-order valence-electron chi connectivity index (χ1n) is 9.92. The molecule has 0 aromatic heterocycles. The third kappa shape index (κ3) is 2.70. The van der Waals surface area contributed by atoms with E-state index in [0.29, 0.717) is 0 Å². The minimum Gasteiger partial charge on any atom is -0.505 e. The Morgan fingerprint density at radius 1 is 1.24 bits per heavy atom. The summed E-state index contributed by atoms with van der Waals surface area (Å²) >= 11 is 5.99. The number of carbonyl (C=O) groups is 5. The Labute approximate surface area is 190 Å². The van der Waals surface area contributed by atoms with E-state index in [1.165, 1.54) is 6.92 Å². The van der Waals surface area contributed by atoms with Crippen molar-refractivity contribution >= 4 is 52.0 Å². The average Bonchev–Trinajstić information content (AvgIpc) is 2.71. The van der Waals surface area contributed by atoms with Gasteiger partial charge in [-0.25, -0.2) is 0 Å². The number of nitrogen functional groups attached to an aromatic ring is 1. The maximum Gasteiger partial charge on any atom is 0.294 e. The fourth-order valence-corrected chi connectivity index (χ4v) is 5.87. The van der Waals surface area contributed by atoms with Crippen molar-refractivity contribution in [1.29, 1.82) is 0 Å². The van der Waals surface area contributed by atoms with Crippen molar-refractivity contribution in [3.05, 3.63) is 26.3 Å². The van der Waals surface area contributed by atoms with E-state index in [-0.39, 0.29) is 12.0 Å². The molecule has 0 radical (unpaired) electrons. The summed E-state index contributed by atoms with van der Waals surface area (Å²) in [6.07, 6.45) is -0.726. The summed E-state index contributed by atoms with van der Waals surface area (Å²) in [5.74, 6) is -13.6. The van der Waals surface area contributed by atoms with E-state index in [2.05, 4.69) is 0 Å². The van der Waals surface area contributed by atoms with E-state index in [1.807, 2.05) is 0 Å². The van der Waals surface area contributed by atoms with Gasteiger partial charge < -0.3 is 21.7 Å². The zero-order chi connectivity index (χ0) is 24.7. The van der Waals surface area contributed by atoms with Crippen LogP contribution >= 0.6 is 11.6 Å². The Morgan fingerprint density at radius 2 is 1.85 bits per heavy atom. The third-order valence-electron chi connectivity index (χ3n) is 7.20. The zero-order valence-electron chi connectivity index (χ0n) is 17.0. The fourth-order valence-electron chi connectivity index (χ4n) is 5.61. The van der Waals surface area contributed by atoms with E-state index < -0.39 is 103 Å². The van der Waals surface area contributed by atoms with Crippen LogP contribution in [0.2, 0.25) is 5.02 Å². The number of aliphatic hydroxyl groups is 1. The highest BCUT2D eigenvalue weighted by atomic mass is 35.5. The number of phenols is 1. The highest BCUT2D eigenvalue weighted by molar-refractivity contribution is 6.37. The van der Waals surface area contributed by atoms with Gasteiger partial charge in [0.15, 0.2) is 40.4 Å². The second kappa shape index (κ2) is 7.06. The standard InChI is InChI=1S/C20H18ClN3O9/c1-4-6-2-5-3-7(25)10(19(23)30)18(29)20(5,31)17(28)9(6)15(26)11-8(4)14(24(32)33)12(21)13(22)16(11)27/h4-6,9-10,27,31H,2-3,22H2,1H3,(H2,23,30)/t4-,5+,6-,9?,10?,20+/m1/s1. The highest BCUT2D eigenvalue weighted by Gasteiger charge is 2.67. The number of anilines is 1. The average molecular weight is 480 g/mol. The number of rotatable bonds is 2. The van der Waals surface area contributed by atoms with E-state index in [9.17, 15) is 44.3 Å². The van der Waals surface area contributed by atoms with Crippen LogP contribution in [0.5, 0.6) is 5.75 Å². The van der Waals surface area contributed by atoms with Crippen LogP contribution in [-0.2, 0) is 19.2 Å². The Balaban J connectivity index is 1.93. The van der Waals surface area contributed by atoms with E-state index in [0.717, 1.165) is 0 Å². The molecular formula is C20H18ClN3O9. The molecule has 2 fully saturated rings. The number of nitrogens with zero attached hydrogens (tertiary/aromatic N) is 1. The van der Waals surface area contributed by atoms with Crippen molar-refractivity contribution in [2.45, 2.75) is 31.3 Å².